The van der Waals surface area contributed by atoms with Gasteiger partial charge in [-0.2, -0.15) is 0 Å². The minimum atomic E-state index is -1.49. The lowest BCUT2D eigenvalue weighted by Gasteiger charge is -2.36. The summed E-state index contributed by atoms with van der Waals surface area (Å²) in [4.78, 5) is 55.7. The Kier molecular flexibility index (Phi) is 13.4. The number of esters is 1. The van der Waals surface area contributed by atoms with Gasteiger partial charge in [-0.1, -0.05) is 68.8 Å². The van der Waals surface area contributed by atoms with Crippen molar-refractivity contribution in [3.05, 3.63) is 65.7 Å². The fourth-order valence-corrected chi connectivity index (χ4v) is 4.61. The molecule has 2 rings (SSSR count). The summed E-state index contributed by atoms with van der Waals surface area (Å²) in [7, 11) is 0. The third-order valence-electron chi connectivity index (χ3n) is 6.86. The number of para-hydroxylation sites is 1. The summed E-state index contributed by atoms with van der Waals surface area (Å²) in [5.41, 5.74) is -0.844. The first kappa shape index (κ1) is 37.1. The molecule has 0 saturated carbocycles. The Morgan fingerprint density at radius 2 is 1.44 bits per heavy atom. The summed E-state index contributed by atoms with van der Waals surface area (Å²) in [5.74, 6) is -2.81. The summed E-state index contributed by atoms with van der Waals surface area (Å²) in [6.45, 7) is 13.0. The van der Waals surface area contributed by atoms with Crippen LogP contribution in [-0.4, -0.2) is 75.4 Å². The zero-order valence-electron chi connectivity index (χ0n) is 27.6. The van der Waals surface area contributed by atoms with Gasteiger partial charge in [0.15, 0.2) is 0 Å². The lowest BCUT2D eigenvalue weighted by Crippen LogP contribution is -2.57. The Bertz CT molecular complexity index is 1290. The van der Waals surface area contributed by atoms with E-state index in [9.17, 15) is 29.4 Å². The highest BCUT2D eigenvalue weighted by molar-refractivity contribution is 5.94. The van der Waals surface area contributed by atoms with Gasteiger partial charge in [0, 0.05) is 18.5 Å². The number of aliphatic hydroxyl groups is 1. The van der Waals surface area contributed by atoms with Crippen molar-refractivity contribution in [2.75, 3.05) is 13.2 Å². The van der Waals surface area contributed by atoms with Crippen molar-refractivity contribution >= 4 is 23.9 Å². The van der Waals surface area contributed by atoms with Gasteiger partial charge in [0.05, 0.1) is 6.61 Å². The Morgan fingerprint density at radius 3 is 1.98 bits per heavy atom. The van der Waals surface area contributed by atoms with Gasteiger partial charge >= 0.3 is 12.1 Å². The van der Waals surface area contributed by atoms with Crippen molar-refractivity contribution < 1.29 is 38.9 Å². The molecular weight excluding hydrogens is 578 g/mol. The van der Waals surface area contributed by atoms with Crippen LogP contribution in [0.15, 0.2) is 54.6 Å². The molecular formula is C34H49N3O8. The number of hydrogen-bond acceptors (Lipinski definition) is 8. The van der Waals surface area contributed by atoms with E-state index in [1.165, 1.54) is 12.1 Å². The molecule has 0 aliphatic rings. The third-order valence-corrected chi connectivity index (χ3v) is 6.86. The Labute approximate surface area is 266 Å². The molecule has 2 aromatic rings. The maximum atomic E-state index is 14.3. The molecule has 0 radical (unpaired) electrons. The second-order valence-corrected chi connectivity index (χ2v) is 13.0. The first-order valence-electron chi connectivity index (χ1n) is 15.2. The van der Waals surface area contributed by atoms with Gasteiger partial charge in [0.25, 0.3) is 0 Å². The van der Waals surface area contributed by atoms with Gasteiger partial charge in [-0.3, -0.25) is 9.59 Å². The summed E-state index contributed by atoms with van der Waals surface area (Å²) >= 11 is 0. The van der Waals surface area contributed by atoms with Crippen molar-refractivity contribution in [3.63, 3.8) is 0 Å². The average molecular weight is 628 g/mol. The molecule has 0 aliphatic heterocycles. The Balaban J connectivity index is 2.60. The van der Waals surface area contributed by atoms with Crippen LogP contribution in [0.25, 0.3) is 0 Å². The minimum Gasteiger partial charge on any atom is -0.508 e. The maximum Gasteiger partial charge on any atom is 0.408 e. The van der Waals surface area contributed by atoms with Gasteiger partial charge in [0.2, 0.25) is 11.8 Å². The number of carbonyl (C=O) groups is 4. The molecule has 11 heteroatoms. The van der Waals surface area contributed by atoms with Gasteiger partial charge < -0.3 is 35.2 Å². The fraction of sp³-hybridized carbons (Fsp3) is 0.529. The minimum absolute atomic E-state index is 0.0691. The second kappa shape index (κ2) is 16.3. The molecule has 45 heavy (non-hydrogen) atoms. The number of rotatable bonds is 13. The van der Waals surface area contributed by atoms with Crippen LogP contribution in [0.5, 0.6) is 5.75 Å². The van der Waals surface area contributed by atoms with E-state index in [-0.39, 0.29) is 24.3 Å². The standard InChI is InChI=1S/C34H49N3O8/c1-9-22(2)27(36-32(43)45-34(6,7)8)30(41)37(19-20-38)28(24-17-13-14-18-26(24)39)29(40)35-25(31(42)44-33(3,4)5)21-23-15-11-10-12-16-23/h10-18,22,25,27-28,38-39H,9,19-21H2,1-8H3,(H,35,40)(H,36,43). The van der Waals surface area contributed by atoms with E-state index in [0.29, 0.717) is 6.42 Å². The number of amides is 3. The highest BCUT2D eigenvalue weighted by Crippen LogP contribution is 2.31. The highest BCUT2D eigenvalue weighted by Gasteiger charge is 2.40. The predicted molar refractivity (Wildman–Crippen MR) is 170 cm³/mol. The fourth-order valence-electron chi connectivity index (χ4n) is 4.61. The molecule has 0 saturated heterocycles. The summed E-state index contributed by atoms with van der Waals surface area (Å²) in [6, 6.07) is 11.3. The summed E-state index contributed by atoms with van der Waals surface area (Å²) in [5, 5.41) is 26.3. The van der Waals surface area contributed by atoms with Crippen molar-refractivity contribution in [3.8, 4) is 5.75 Å². The number of aromatic hydroxyl groups is 1. The van der Waals surface area contributed by atoms with Crippen LogP contribution in [0.2, 0.25) is 0 Å². The molecule has 0 bridgehead atoms. The molecule has 0 aromatic heterocycles. The molecule has 11 nitrogen and oxygen atoms in total. The number of benzene rings is 2. The summed E-state index contributed by atoms with van der Waals surface area (Å²) in [6.07, 6.45) is -0.232. The first-order valence-corrected chi connectivity index (χ1v) is 15.2. The maximum absolute atomic E-state index is 14.3. The number of hydrogen-bond donors (Lipinski definition) is 4. The lowest BCUT2D eigenvalue weighted by atomic mass is 9.95. The van der Waals surface area contributed by atoms with Crippen LogP contribution in [0, 0.1) is 5.92 Å². The van der Waals surface area contributed by atoms with Crippen molar-refractivity contribution in [1.82, 2.24) is 15.5 Å². The van der Waals surface area contributed by atoms with Crippen molar-refractivity contribution in [1.29, 1.82) is 0 Å². The molecule has 4 N–H and O–H groups in total. The number of phenolic OH excluding ortho intramolecular Hbond substituents is 1. The smallest absolute Gasteiger partial charge is 0.408 e. The van der Waals surface area contributed by atoms with E-state index in [4.69, 9.17) is 9.47 Å². The summed E-state index contributed by atoms with van der Waals surface area (Å²) < 4.78 is 11.0. The van der Waals surface area contributed by atoms with Crippen LogP contribution in [0.3, 0.4) is 0 Å². The molecule has 0 aliphatic carbocycles. The SMILES string of the molecule is CCC(C)C(NC(=O)OC(C)(C)C)C(=O)N(CCO)C(C(=O)NC(Cc1ccccc1)C(=O)OC(C)(C)C)c1ccccc1O. The molecule has 0 heterocycles. The molecule has 248 valence electrons. The number of phenols is 1. The molecule has 4 unspecified atom stereocenters. The third kappa shape index (κ3) is 11.7. The number of alkyl carbamates (subject to hydrolysis) is 1. The molecule has 0 fully saturated rings. The van der Waals surface area contributed by atoms with Crippen LogP contribution >= 0.6 is 0 Å². The lowest BCUT2D eigenvalue weighted by molar-refractivity contribution is -0.159. The van der Waals surface area contributed by atoms with Gasteiger partial charge in [-0.15, -0.1) is 0 Å². The topological polar surface area (TPSA) is 154 Å². The average Bonchev–Trinajstić information content (AvgIpc) is 2.94. The molecule has 3 amide bonds. The predicted octanol–water partition coefficient (Wildman–Crippen LogP) is 4.26. The van der Waals surface area contributed by atoms with E-state index in [1.807, 2.05) is 37.3 Å². The first-order chi connectivity index (χ1) is 21.0. The molecule has 2 aromatic carbocycles. The van der Waals surface area contributed by atoms with Gasteiger partial charge in [-0.05, 0) is 59.1 Å². The van der Waals surface area contributed by atoms with E-state index in [0.717, 1.165) is 10.5 Å². The van der Waals surface area contributed by atoms with Crippen LogP contribution < -0.4 is 10.6 Å². The Hall–Kier alpha value is -4.12. The van der Waals surface area contributed by atoms with E-state index in [1.54, 1.807) is 60.6 Å². The number of ether oxygens (including phenoxy) is 2. The Morgan fingerprint density at radius 1 is 0.867 bits per heavy atom. The zero-order chi connectivity index (χ0) is 33.9. The van der Waals surface area contributed by atoms with Crippen molar-refractivity contribution in [2.24, 2.45) is 5.92 Å². The van der Waals surface area contributed by atoms with Crippen molar-refractivity contribution in [2.45, 2.75) is 97.6 Å². The monoisotopic (exact) mass is 627 g/mol. The van der Waals surface area contributed by atoms with Crippen LogP contribution in [0.4, 0.5) is 4.79 Å². The normalized spacial score (nSPS) is 14.3. The van der Waals surface area contributed by atoms with Crippen LogP contribution in [0.1, 0.15) is 79.0 Å². The quantitative estimate of drug-likeness (QED) is 0.240. The molecule has 0 spiro atoms. The van der Waals surface area contributed by atoms with E-state index in [2.05, 4.69) is 10.6 Å². The zero-order valence-corrected chi connectivity index (χ0v) is 27.6. The van der Waals surface area contributed by atoms with E-state index >= 15 is 0 Å². The van der Waals surface area contributed by atoms with Gasteiger partial charge in [-0.25, -0.2) is 9.59 Å². The van der Waals surface area contributed by atoms with E-state index < -0.39 is 65.7 Å². The van der Waals surface area contributed by atoms with Gasteiger partial charge in [0.1, 0.15) is 35.1 Å². The number of nitrogens with zero attached hydrogens (tertiary/aromatic N) is 1. The highest BCUT2D eigenvalue weighted by atomic mass is 16.6. The number of nitrogens with one attached hydrogen (secondary N) is 2. The largest absolute Gasteiger partial charge is 0.508 e. The number of carbonyl (C=O) groups excluding carboxylic acids is 4. The van der Waals surface area contributed by atoms with Crippen LogP contribution in [-0.2, 0) is 30.3 Å². The molecule has 4 atom stereocenters. The number of aliphatic hydroxyl groups excluding tert-OH is 1. The second-order valence-electron chi connectivity index (χ2n) is 13.0.